The molecule has 126 valence electrons. The van der Waals surface area contributed by atoms with Crippen LogP contribution in [0.2, 0.25) is 0 Å². The van der Waals surface area contributed by atoms with E-state index in [0.717, 1.165) is 19.3 Å². The van der Waals surface area contributed by atoms with Gasteiger partial charge in [-0.25, -0.2) is 0 Å². The summed E-state index contributed by atoms with van der Waals surface area (Å²) in [5.41, 5.74) is 1.35. The Hall–Kier alpha value is 0.460. The molecule has 0 heterocycles. The van der Waals surface area contributed by atoms with Crippen molar-refractivity contribution in [2.24, 2.45) is 10.8 Å². The quantitative estimate of drug-likeness (QED) is 0.292. The Bertz CT molecular complexity index is 501. The molecule has 0 aromatic carbocycles. The van der Waals surface area contributed by atoms with E-state index in [2.05, 4.69) is 65.6 Å². The second-order valence-corrected chi connectivity index (χ2v) is 10.5. The third-order valence-electron chi connectivity index (χ3n) is 5.90. The molecule has 2 aliphatic rings. The lowest BCUT2D eigenvalue weighted by Gasteiger charge is -2.59. The molecular formula is C17H25Br2ClO2. The molecule has 1 spiro atoms. The van der Waals surface area contributed by atoms with E-state index in [-0.39, 0.29) is 37.4 Å². The zero-order valence-corrected chi connectivity index (χ0v) is 17.8. The van der Waals surface area contributed by atoms with Gasteiger partial charge in [0.1, 0.15) is 6.10 Å². The lowest BCUT2D eigenvalue weighted by molar-refractivity contribution is -0.146. The van der Waals surface area contributed by atoms with Crippen LogP contribution in [-0.4, -0.2) is 26.6 Å². The fraction of sp³-hybridized carbons (Fsp3) is 0.824. The smallest absolute Gasteiger partial charge is 0.303 e. The Labute approximate surface area is 155 Å². The van der Waals surface area contributed by atoms with Gasteiger partial charge < -0.3 is 4.74 Å². The zero-order chi connectivity index (χ0) is 16.9. The van der Waals surface area contributed by atoms with E-state index in [1.807, 2.05) is 0 Å². The predicted octanol–water partition coefficient (Wildman–Crippen LogP) is 5.60. The third kappa shape index (κ3) is 2.93. The van der Waals surface area contributed by atoms with Crippen molar-refractivity contribution in [1.29, 1.82) is 0 Å². The van der Waals surface area contributed by atoms with Crippen LogP contribution in [0.3, 0.4) is 0 Å². The summed E-state index contributed by atoms with van der Waals surface area (Å²) < 4.78 is 5.51. The lowest BCUT2D eigenvalue weighted by Crippen LogP contribution is -2.57. The Morgan fingerprint density at radius 3 is 2.41 bits per heavy atom. The molecule has 2 rings (SSSR count). The van der Waals surface area contributed by atoms with Crippen LogP contribution >= 0.6 is 43.5 Å². The highest BCUT2D eigenvalue weighted by atomic mass is 79.9. The summed E-state index contributed by atoms with van der Waals surface area (Å²) in [6.07, 6.45) is 4.94. The first-order valence-electron chi connectivity index (χ1n) is 7.77. The molecule has 5 heteroatoms. The summed E-state index contributed by atoms with van der Waals surface area (Å²) in [5, 5.41) is 0. The van der Waals surface area contributed by atoms with Crippen molar-refractivity contribution < 1.29 is 9.53 Å². The topological polar surface area (TPSA) is 26.3 Å². The minimum atomic E-state index is -0.236. The van der Waals surface area contributed by atoms with Crippen molar-refractivity contribution >= 4 is 49.4 Å². The highest BCUT2D eigenvalue weighted by molar-refractivity contribution is 9.09. The Morgan fingerprint density at radius 1 is 1.32 bits per heavy atom. The molecular weight excluding hydrogens is 431 g/mol. The minimum absolute atomic E-state index is 0.0364. The average Bonchev–Trinajstić information content (AvgIpc) is 2.38. The number of halogens is 3. The first-order chi connectivity index (χ1) is 9.94. The molecule has 0 N–H and O–H groups in total. The van der Waals surface area contributed by atoms with Gasteiger partial charge in [-0.2, -0.15) is 0 Å². The molecule has 0 radical (unpaired) electrons. The molecule has 0 bridgehead atoms. The van der Waals surface area contributed by atoms with Crippen molar-refractivity contribution in [2.45, 2.75) is 74.5 Å². The molecule has 1 saturated carbocycles. The van der Waals surface area contributed by atoms with E-state index in [0.29, 0.717) is 0 Å². The Balaban J connectivity index is 2.42. The van der Waals surface area contributed by atoms with Crippen molar-refractivity contribution in [3.63, 3.8) is 0 Å². The van der Waals surface area contributed by atoms with Gasteiger partial charge in [0.05, 0.1) is 9.70 Å². The summed E-state index contributed by atoms with van der Waals surface area (Å²) >= 11 is 14.3. The zero-order valence-electron chi connectivity index (χ0n) is 13.9. The lowest BCUT2D eigenvalue weighted by atomic mass is 9.50. The maximum Gasteiger partial charge on any atom is 0.303 e. The van der Waals surface area contributed by atoms with E-state index < -0.39 is 0 Å². The molecule has 1 fully saturated rings. The number of ether oxygens (including phenoxy) is 1. The number of alkyl halides is 3. The number of carbonyl (C=O) groups excluding carboxylic acids is 1. The predicted molar refractivity (Wildman–Crippen MR) is 99.1 cm³/mol. The van der Waals surface area contributed by atoms with Gasteiger partial charge in [0.15, 0.2) is 0 Å². The Morgan fingerprint density at radius 2 is 1.91 bits per heavy atom. The molecule has 0 unspecified atom stereocenters. The summed E-state index contributed by atoms with van der Waals surface area (Å²) in [6.45, 7) is 10.3. The van der Waals surface area contributed by atoms with Gasteiger partial charge in [-0.3, -0.25) is 4.79 Å². The van der Waals surface area contributed by atoms with Gasteiger partial charge in [0.2, 0.25) is 0 Å². The van der Waals surface area contributed by atoms with Crippen LogP contribution in [-0.2, 0) is 9.53 Å². The molecule has 0 amide bonds. The number of carbonyl (C=O) groups is 1. The van der Waals surface area contributed by atoms with Crippen molar-refractivity contribution in [2.75, 3.05) is 0 Å². The van der Waals surface area contributed by atoms with Gasteiger partial charge >= 0.3 is 5.97 Å². The third-order valence-corrected chi connectivity index (χ3v) is 9.62. The first kappa shape index (κ1) is 18.8. The largest absolute Gasteiger partial charge is 0.457 e. The summed E-state index contributed by atoms with van der Waals surface area (Å²) in [5.74, 6) is -0.236. The molecule has 0 aromatic heterocycles. The second kappa shape index (κ2) is 6.07. The summed E-state index contributed by atoms with van der Waals surface area (Å²) in [7, 11) is 0. The fourth-order valence-corrected chi connectivity index (χ4v) is 5.79. The van der Waals surface area contributed by atoms with Crippen LogP contribution in [0.5, 0.6) is 0 Å². The average molecular weight is 457 g/mol. The normalized spacial score (nSPS) is 44.5. The molecule has 2 nitrogen and oxygen atoms in total. The SMILES string of the molecule is CC(=O)O[C@H]1C=C(C)[C@@]2(CC[C@](C)(Cl)[C@@H](Br)C2)C(C)(C)[C@@H]1Br. The fourth-order valence-electron chi connectivity index (χ4n) is 4.14. The standard InChI is InChI=1S/C17H25Br2ClO2/c1-10-8-12(22-11(2)21)14(19)15(3,4)17(10)7-6-16(5,20)13(18)9-17/h8,12-14H,6-7,9H2,1-5H3/t12-,13-,14+,16-,17-/m0/s1. The Kier molecular flexibility index (Phi) is 5.19. The van der Waals surface area contributed by atoms with Gasteiger partial charge in [0, 0.05) is 11.8 Å². The first-order valence-corrected chi connectivity index (χ1v) is 9.98. The second-order valence-electron chi connectivity index (χ2n) is 7.58. The van der Waals surface area contributed by atoms with Crippen LogP contribution in [0.25, 0.3) is 0 Å². The highest BCUT2D eigenvalue weighted by Crippen LogP contribution is 2.63. The molecule has 0 aromatic rings. The summed E-state index contributed by atoms with van der Waals surface area (Å²) in [4.78, 5) is 11.5. The molecule has 22 heavy (non-hydrogen) atoms. The van der Waals surface area contributed by atoms with E-state index in [4.69, 9.17) is 16.3 Å². The molecule has 2 aliphatic carbocycles. The van der Waals surface area contributed by atoms with Crippen molar-refractivity contribution in [1.82, 2.24) is 0 Å². The van der Waals surface area contributed by atoms with Gasteiger partial charge in [-0.05, 0) is 50.0 Å². The van der Waals surface area contributed by atoms with Crippen LogP contribution in [0.15, 0.2) is 11.6 Å². The molecule has 5 atom stereocenters. The number of allylic oxidation sites excluding steroid dienone is 1. The maximum absolute atomic E-state index is 11.4. The number of rotatable bonds is 1. The monoisotopic (exact) mass is 454 g/mol. The van der Waals surface area contributed by atoms with Crippen molar-refractivity contribution in [3.05, 3.63) is 11.6 Å². The van der Waals surface area contributed by atoms with Crippen molar-refractivity contribution in [3.8, 4) is 0 Å². The number of hydrogen-bond donors (Lipinski definition) is 0. The molecule has 0 aliphatic heterocycles. The van der Waals surface area contributed by atoms with E-state index in [1.165, 1.54) is 12.5 Å². The van der Waals surface area contributed by atoms with E-state index in [9.17, 15) is 4.79 Å². The van der Waals surface area contributed by atoms with E-state index in [1.54, 1.807) is 0 Å². The number of hydrogen-bond acceptors (Lipinski definition) is 2. The molecule has 0 saturated heterocycles. The van der Waals surface area contributed by atoms with Gasteiger partial charge in [-0.1, -0.05) is 51.3 Å². The van der Waals surface area contributed by atoms with Crippen LogP contribution in [0.4, 0.5) is 0 Å². The highest BCUT2D eigenvalue weighted by Gasteiger charge is 2.58. The van der Waals surface area contributed by atoms with Crippen LogP contribution in [0, 0.1) is 10.8 Å². The maximum atomic E-state index is 11.4. The minimum Gasteiger partial charge on any atom is -0.457 e. The number of esters is 1. The van der Waals surface area contributed by atoms with Crippen LogP contribution < -0.4 is 0 Å². The van der Waals surface area contributed by atoms with Gasteiger partial charge in [0.25, 0.3) is 0 Å². The van der Waals surface area contributed by atoms with Crippen LogP contribution in [0.1, 0.15) is 53.9 Å². The van der Waals surface area contributed by atoms with Gasteiger partial charge in [-0.15, -0.1) is 11.6 Å². The van der Waals surface area contributed by atoms with E-state index >= 15 is 0 Å². The summed E-state index contributed by atoms with van der Waals surface area (Å²) in [6, 6.07) is 0.